The summed E-state index contributed by atoms with van der Waals surface area (Å²) in [5, 5.41) is 0.635. The van der Waals surface area contributed by atoms with Crippen LogP contribution in [0.25, 0.3) is 11.0 Å². The van der Waals surface area contributed by atoms with E-state index in [0.29, 0.717) is 36.7 Å². The zero-order valence-electron chi connectivity index (χ0n) is 14.7. The lowest BCUT2D eigenvalue weighted by Gasteiger charge is -2.35. The summed E-state index contributed by atoms with van der Waals surface area (Å²) < 4.78 is 27.4. The Balaban J connectivity index is 1.57. The first-order valence-electron chi connectivity index (χ1n) is 8.62. The highest BCUT2D eigenvalue weighted by atomic mass is 35.5. The van der Waals surface area contributed by atoms with Crippen molar-refractivity contribution in [1.29, 1.82) is 0 Å². The van der Waals surface area contributed by atoms with Gasteiger partial charge in [0.15, 0.2) is 0 Å². The number of halogens is 1. The maximum absolute atomic E-state index is 13.0. The molecule has 146 valence electrons. The summed E-state index contributed by atoms with van der Waals surface area (Å²) in [6.07, 6.45) is 0. The minimum absolute atomic E-state index is 0.0684. The fraction of sp³-hybridized carbons (Fsp3) is 0.222. The fourth-order valence-corrected chi connectivity index (χ4v) is 4.90. The number of aromatic nitrogens is 2. The third kappa shape index (κ3) is 3.44. The molecule has 0 radical (unpaired) electrons. The molecule has 2 N–H and O–H groups in total. The van der Waals surface area contributed by atoms with Crippen LogP contribution in [-0.2, 0) is 10.0 Å². The van der Waals surface area contributed by atoms with Crippen LogP contribution in [0.15, 0.2) is 56.9 Å². The van der Waals surface area contributed by atoms with Gasteiger partial charge in [0, 0.05) is 36.9 Å². The van der Waals surface area contributed by atoms with Crippen molar-refractivity contribution in [2.45, 2.75) is 4.90 Å². The second kappa shape index (κ2) is 7.08. The molecular formula is C18H17ClN4O4S. The largest absolute Gasteiger partial charge is 0.369 e. The van der Waals surface area contributed by atoms with Crippen LogP contribution >= 0.6 is 11.6 Å². The van der Waals surface area contributed by atoms with Gasteiger partial charge in [0.1, 0.15) is 0 Å². The predicted molar refractivity (Wildman–Crippen MR) is 108 cm³/mol. The number of nitrogens with zero attached hydrogens (tertiary/aromatic N) is 2. The molecule has 2 heterocycles. The molecule has 1 aliphatic rings. The van der Waals surface area contributed by atoms with Crippen molar-refractivity contribution in [3.63, 3.8) is 0 Å². The molecule has 4 rings (SSSR count). The SMILES string of the molecule is O=c1[nH]c2ccc(S(=O)(=O)N3CCN(c4cccc(Cl)c4)CC3)cc2[nH]c1=O. The topological polar surface area (TPSA) is 106 Å². The van der Waals surface area contributed by atoms with Crippen LogP contribution in [-0.4, -0.2) is 48.9 Å². The highest BCUT2D eigenvalue weighted by molar-refractivity contribution is 7.89. The average molecular weight is 421 g/mol. The van der Waals surface area contributed by atoms with Gasteiger partial charge in [-0.2, -0.15) is 4.31 Å². The van der Waals surface area contributed by atoms with Crippen LogP contribution in [0.4, 0.5) is 5.69 Å². The number of anilines is 1. The smallest absolute Gasteiger partial charge is 0.314 e. The summed E-state index contributed by atoms with van der Waals surface area (Å²) in [5.41, 5.74) is -0.00762. The Morgan fingerprint density at radius 2 is 1.54 bits per heavy atom. The maximum atomic E-state index is 13.0. The quantitative estimate of drug-likeness (QED) is 0.622. The van der Waals surface area contributed by atoms with E-state index >= 15 is 0 Å². The monoisotopic (exact) mass is 420 g/mol. The molecule has 0 amide bonds. The minimum atomic E-state index is -3.72. The molecule has 0 unspecified atom stereocenters. The first-order chi connectivity index (χ1) is 13.3. The van der Waals surface area contributed by atoms with Crippen molar-refractivity contribution in [3.05, 3.63) is 68.2 Å². The maximum Gasteiger partial charge on any atom is 0.314 e. The van der Waals surface area contributed by atoms with Crippen molar-refractivity contribution in [1.82, 2.24) is 14.3 Å². The molecule has 1 aromatic heterocycles. The zero-order chi connectivity index (χ0) is 19.9. The number of sulfonamides is 1. The summed E-state index contributed by atoms with van der Waals surface area (Å²) in [5.74, 6) is 0. The molecule has 1 fully saturated rings. The minimum Gasteiger partial charge on any atom is -0.369 e. The van der Waals surface area contributed by atoms with Gasteiger partial charge < -0.3 is 14.9 Å². The normalized spacial score (nSPS) is 15.8. The molecule has 10 heteroatoms. The third-order valence-corrected chi connectivity index (χ3v) is 6.87. The summed E-state index contributed by atoms with van der Waals surface area (Å²) in [4.78, 5) is 29.9. The first kappa shape index (κ1) is 18.7. The van der Waals surface area contributed by atoms with Gasteiger partial charge in [0.2, 0.25) is 10.0 Å². The molecule has 3 aromatic rings. The zero-order valence-corrected chi connectivity index (χ0v) is 16.3. The Kier molecular flexibility index (Phi) is 4.74. The van der Waals surface area contributed by atoms with Gasteiger partial charge >= 0.3 is 11.1 Å². The number of rotatable bonds is 3. The van der Waals surface area contributed by atoms with E-state index in [1.54, 1.807) is 6.07 Å². The van der Waals surface area contributed by atoms with Gasteiger partial charge in [-0.1, -0.05) is 17.7 Å². The van der Waals surface area contributed by atoms with Crippen LogP contribution < -0.4 is 16.0 Å². The lowest BCUT2D eigenvalue weighted by molar-refractivity contribution is 0.385. The summed E-state index contributed by atoms with van der Waals surface area (Å²) in [6.45, 7) is 1.73. The molecule has 1 aliphatic heterocycles. The van der Waals surface area contributed by atoms with Crippen LogP contribution in [0.1, 0.15) is 0 Å². The Morgan fingerprint density at radius 3 is 2.21 bits per heavy atom. The second-order valence-electron chi connectivity index (χ2n) is 6.49. The van der Waals surface area contributed by atoms with E-state index < -0.39 is 21.1 Å². The van der Waals surface area contributed by atoms with Crippen LogP contribution in [0.3, 0.4) is 0 Å². The van der Waals surface area contributed by atoms with E-state index in [4.69, 9.17) is 11.6 Å². The van der Waals surface area contributed by atoms with Crippen molar-refractivity contribution in [3.8, 4) is 0 Å². The molecule has 28 heavy (non-hydrogen) atoms. The van der Waals surface area contributed by atoms with Crippen LogP contribution in [0, 0.1) is 0 Å². The summed E-state index contributed by atoms with van der Waals surface area (Å²) in [6, 6.07) is 11.7. The Bertz CT molecular complexity index is 1260. The molecule has 1 saturated heterocycles. The van der Waals surface area contributed by atoms with Gasteiger partial charge in [-0.3, -0.25) is 9.59 Å². The number of hydrogen-bond donors (Lipinski definition) is 2. The Hall–Kier alpha value is -2.62. The van der Waals surface area contributed by atoms with E-state index in [2.05, 4.69) is 14.9 Å². The molecular weight excluding hydrogens is 404 g/mol. The van der Waals surface area contributed by atoms with Crippen molar-refractivity contribution in [2.75, 3.05) is 31.1 Å². The number of benzene rings is 2. The molecule has 2 aromatic carbocycles. The van der Waals surface area contributed by atoms with Crippen molar-refractivity contribution < 1.29 is 8.42 Å². The summed E-state index contributed by atoms with van der Waals surface area (Å²) in [7, 11) is -3.72. The lowest BCUT2D eigenvalue weighted by atomic mass is 10.2. The standard InChI is InChI=1S/C18H17ClN4O4S/c19-12-2-1-3-13(10-12)22-6-8-23(9-7-22)28(26,27)14-4-5-15-16(11-14)21-18(25)17(24)20-15/h1-5,10-11H,6-9H2,(H,20,24)(H,21,25). The van der Waals surface area contributed by atoms with E-state index in [-0.39, 0.29) is 10.4 Å². The number of nitrogens with one attached hydrogen (secondary N) is 2. The third-order valence-electron chi connectivity index (χ3n) is 4.74. The lowest BCUT2D eigenvalue weighted by Crippen LogP contribution is -2.48. The van der Waals surface area contributed by atoms with Gasteiger partial charge in [-0.25, -0.2) is 8.42 Å². The van der Waals surface area contributed by atoms with E-state index in [0.717, 1.165) is 5.69 Å². The fourth-order valence-electron chi connectivity index (χ4n) is 3.26. The van der Waals surface area contributed by atoms with Gasteiger partial charge in [0.05, 0.1) is 15.9 Å². The first-order valence-corrected chi connectivity index (χ1v) is 10.4. The molecule has 0 bridgehead atoms. The highest BCUT2D eigenvalue weighted by Crippen LogP contribution is 2.24. The van der Waals surface area contributed by atoms with E-state index in [1.807, 2.05) is 18.2 Å². The van der Waals surface area contributed by atoms with Gasteiger partial charge in [0.25, 0.3) is 0 Å². The number of hydrogen-bond acceptors (Lipinski definition) is 5. The summed E-state index contributed by atoms with van der Waals surface area (Å²) >= 11 is 6.03. The van der Waals surface area contributed by atoms with Crippen LogP contribution in [0.5, 0.6) is 0 Å². The van der Waals surface area contributed by atoms with Gasteiger partial charge in [-0.15, -0.1) is 0 Å². The molecule has 0 spiro atoms. The molecule has 8 nitrogen and oxygen atoms in total. The molecule has 0 atom stereocenters. The Labute approximate surface area is 165 Å². The van der Waals surface area contributed by atoms with Gasteiger partial charge in [-0.05, 0) is 36.4 Å². The molecule has 0 aliphatic carbocycles. The number of piperazine rings is 1. The predicted octanol–water partition coefficient (Wildman–Crippen LogP) is 1.38. The number of aromatic amines is 2. The van der Waals surface area contributed by atoms with Crippen molar-refractivity contribution in [2.24, 2.45) is 0 Å². The number of fused-ring (bicyclic) bond motifs is 1. The molecule has 0 saturated carbocycles. The van der Waals surface area contributed by atoms with E-state index in [9.17, 15) is 18.0 Å². The van der Waals surface area contributed by atoms with Crippen molar-refractivity contribution >= 4 is 38.3 Å². The Morgan fingerprint density at radius 1 is 0.857 bits per heavy atom. The van der Waals surface area contributed by atoms with E-state index in [1.165, 1.54) is 22.5 Å². The highest BCUT2D eigenvalue weighted by Gasteiger charge is 2.29. The number of H-pyrrole nitrogens is 2. The van der Waals surface area contributed by atoms with Crippen LogP contribution in [0.2, 0.25) is 5.02 Å². The average Bonchev–Trinajstić information content (AvgIpc) is 2.68. The second-order valence-corrected chi connectivity index (χ2v) is 8.86.